The normalized spacial score (nSPS) is 28.8. The summed E-state index contributed by atoms with van der Waals surface area (Å²) >= 11 is 0. The van der Waals surface area contributed by atoms with Gasteiger partial charge in [-0.15, -0.1) is 0 Å². The van der Waals surface area contributed by atoms with Crippen molar-refractivity contribution in [2.45, 2.75) is 51.8 Å². The molecule has 1 rings (SSSR count). The molecule has 136 valence electrons. The summed E-state index contributed by atoms with van der Waals surface area (Å²) in [6, 6.07) is 0. The average Bonchev–Trinajstić information content (AvgIpc) is 2.68. The first-order chi connectivity index (χ1) is 11.0. The lowest BCUT2D eigenvalue weighted by molar-refractivity contribution is -0.257. The molecule has 10 heteroatoms. The smallest absolute Gasteiger partial charge is 0.303 e. The molecule has 0 aromatic heterocycles. The van der Waals surface area contributed by atoms with Gasteiger partial charge in [0.2, 0.25) is 5.79 Å². The summed E-state index contributed by atoms with van der Waals surface area (Å²) in [6.45, 7) is 3.42. The molecule has 10 nitrogen and oxygen atoms in total. The van der Waals surface area contributed by atoms with E-state index in [1.807, 2.05) is 0 Å². The van der Waals surface area contributed by atoms with Crippen LogP contribution in [0.2, 0.25) is 0 Å². The highest BCUT2D eigenvalue weighted by Gasteiger charge is 2.59. The van der Waals surface area contributed by atoms with E-state index in [-0.39, 0.29) is 6.61 Å². The van der Waals surface area contributed by atoms with E-state index < -0.39 is 54.6 Å². The first kappa shape index (κ1) is 19.8. The summed E-state index contributed by atoms with van der Waals surface area (Å²) in [4.78, 5) is 44.5. The predicted molar refractivity (Wildman–Crippen MR) is 74.2 cm³/mol. The Labute approximate surface area is 137 Å². The lowest BCUT2D eigenvalue weighted by atomic mass is 10.1. The van der Waals surface area contributed by atoms with E-state index in [1.54, 1.807) is 0 Å². The Morgan fingerprint density at radius 2 is 1.46 bits per heavy atom. The van der Waals surface area contributed by atoms with E-state index in [0.717, 1.165) is 27.7 Å². The molecule has 1 N–H and O–H groups in total. The summed E-state index contributed by atoms with van der Waals surface area (Å²) in [7, 11) is 0. The minimum atomic E-state index is -2.26. The van der Waals surface area contributed by atoms with Crippen LogP contribution in [0.15, 0.2) is 0 Å². The summed E-state index contributed by atoms with van der Waals surface area (Å²) in [6.07, 6.45) is -3.85. The van der Waals surface area contributed by atoms with Gasteiger partial charge in [0.05, 0.1) is 0 Å². The molecule has 1 fully saturated rings. The third-order valence-corrected chi connectivity index (χ3v) is 2.99. The second-order valence-electron chi connectivity index (χ2n) is 5.19. The predicted octanol–water partition coefficient (Wildman–Crippen LogP) is -0.937. The van der Waals surface area contributed by atoms with Gasteiger partial charge in [0.1, 0.15) is 19.3 Å². The zero-order valence-corrected chi connectivity index (χ0v) is 13.8. The molecule has 0 radical (unpaired) electrons. The minimum absolute atomic E-state index is 0.368. The van der Waals surface area contributed by atoms with Crippen molar-refractivity contribution in [1.29, 1.82) is 0 Å². The fraction of sp³-hybridized carbons (Fsp3) is 0.714. The van der Waals surface area contributed by atoms with Crippen LogP contribution in [0.3, 0.4) is 0 Å². The first-order valence-corrected chi connectivity index (χ1v) is 7.06. The molecule has 0 aromatic carbocycles. The first-order valence-electron chi connectivity index (χ1n) is 7.06. The van der Waals surface area contributed by atoms with Crippen molar-refractivity contribution < 1.29 is 48.0 Å². The van der Waals surface area contributed by atoms with Gasteiger partial charge in [-0.2, -0.15) is 0 Å². The highest BCUT2D eigenvalue weighted by molar-refractivity contribution is 5.68. The van der Waals surface area contributed by atoms with E-state index in [4.69, 9.17) is 23.7 Å². The summed E-state index contributed by atoms with van der Waals surface area (Å²) in [5, 5.41) is 10.6. The molecule has 4 atom stereocenters. The summed E-state index contributed by atoms with van der Waals surface area (Å²) in [5.41, 5.74) is 0. The number of rotatable bonds is 6. The maximum absolute atomic E-state index is 11.3. The SMILES string of the molecule is CC(=O)OC[C@H]1O[C@](O)(COC(C)=O)[C@H](OC(C)=O)[C@H]1OC(C)=O. The molecule has 1 saturated heterocycles. The fourth-order valence-electron chi connectivity index (χ4n) is 2.16. The number of hydrogen-bond acceptors (Lipinski definition) is 10. The Kier molecular flexibility index (Phi) is 6.67. The highest BCUT2D eigenvalue weighted by atomic mass is 16.7. The van der Waals surface area contributed by atoms with E-state index in [0.29, 0.717) is 0 Å². The minimum Gasteiger partial charge on any atom is -0.463 e. The molecule has 0 saturated carbocycles. The van der Waals surface area contributed by atoms with Crippen molar-refractivity contribution in [1.82, 2.24) is 0 Å². The van der Waals surface area contributed by atoms with E-state index in [2.05, 4.69) is 0 Å². The lowest BCUT2D eigenvalue weighted by Crippen LogP contribution is -2.50. The van der Waals surface area contributed by atoms with E-state index >= 15 is 0 Å². The summed E-state index contributed by atoms with van der Waals surface area (Å²) < 4.78 is 24.9. The molecule has 1 heterocycles. The van der Waals surface area contributed by atoms with E-state index in [1.165, 1.54) is 0 Å². The van der Waals surface area contributed by atoms with Crippen LogP contribution in [-0.2, 0) is 42.9 Å². The van der Waals surface area contributed by atoms with E-state index in [9.17, 15) is 24.3 Å². The van der Waals surface area contributed by atoms with Crippen molar-refractivity contribution in [2.75, 3.05) is 13.2 Å². The van der Waals surface area contributed by atoms with Gasteiger partial charge in [-0.1, -0.05) is 0 Å². The molecule has 0 bridgehead atoms. The van der Waals surface area contributed by atoms with Crippen molar-refractivity contribution in [3.8, 4) is 0 Å². The standard InChI is InChI=1S/C14H20O10/c1-7(15)20-5-11-12(22-9(3)17)13(23-10(4)18)14(19,24-11)6-21-8(2)16/h11-13,19H,5-6H2,1-4H3/t11-,12+,13-,14-/m1/s1. The Hall–Kier alpha value is -2.20. The molecule has 1 aliphatic rings. The van der Waals surface area contributed by atoms with Crippen molar-refractivity contribution in [3.05, 3.63) is 0 Å². The highest BCUT2D eigenvalue weighted by Crippen LogP contribution is 2.34. The molecule has 0 unspecified atom stereocenters. The number of carbonyl (C=O) groups excluding carboxylic acids is 4. The van der Waals surface area contributed by atoms with Gasteiger partial charge < -0.3 is 28.8 Å². The second-order valence-corrected chi connectivity index (χ2v) is 5.19. The van der Waals surface area contributed by atoms with Crippen molar-refractivity contribution in [3.63, 3.8) is 0 Å². The maximum atomic E-state index is 11.3. The van der Waals surface area contributed by atoms with Crippen LogP contribution in [0.1, 0.15) is 27.7 Å². The topological polar surface area (TPSA) is 135 Å². The maximum Gasteiger partial charge on any atom is 0.303 e. The molecule has 0 spiro atoms. The molecule has 24 heavy (non-hydrogen) atoms. The van der Waals surface area contributed by atoms with Gasteiger partial charge >= 0.3 is 23.9 Å². The van der Waals surface area contributed by atoms with Gasteiger partial charge in [0.15, 0.2) is 12.2 Å². The summed E-state index contributed by atoms with van der Waals surface area (Å²) in [5.74, 6) is -5.11. The third kappa shape index (κ3) is 5.46. The molecular weight excluding hydrogens is 328 g/mol. The molecule has 0 amide bonds. The van der Waals surface area contributed by atoms with Crippen LogP contribution in [-0.4, -0.2) is 66.3 Å². The quantitative estimate of drug-likeness (QED) is 0.473. The molecule has 0 aromatic rings. The Bertz CT molecular complexity index is 516. The number of ether oxygens (including phenoxy) is 5. The van der Waals surface area contributed by atoms with Gasteiger partial charge in [0, 0.05) is 27.7 Å². The number of esters is 4. The Morgan fingerprint density at radius 3 is 1.92 bits per heavy atom. The second kappa shape index (κ2) is 8.06. The fourth-order valence-corrected chi connectivity index (χ4v) is 2.16. The monoisotopic (exact) mass is 348 g/mol. The van der Waals surface area contributed by atoms with Crippen LogP contribution < -0.4 is 0 Å². The van der Waals surface area contributed by atoms with Crippen LogP contribution in [0.25, 0.3) is 0 Å². The Balaban J connectivity index is 3.07. The largest absolute Gasteiger partial charge is 0.463 e. The Morgan fingerprint density at radius 1 is 0.917 bits per heavy atom. The van der Waals surface area contributed by atoms with Crippen LogP contribution >= 0.6 is 0 Å². The van der Waals surface area contributed by atoms with Gasteiger partial charge in [-0.3, -0.25) is 19.2 Å². The zero-order valence-electron chi connectivity index (χ0n) is 13.8. The molecule has 0 aliphatic carbocycles. The number of hydrogen-bond donors (Lipinski definition) is 1. The lowest BCUT2D eigenvalue weighted by Gasteiger charge is -2.28. The van der Waals surface area contributed by atoms with Gasteiger partial charge in [0.25, 0.3) is 0 Å². The van der Waals surface area contributed by atoms with Gasteiger partial charge in [-0.25, -0.2) is 0 Å². The van der Waals surface area contributed by atoms with Crippen molar-refractivity contribution >= 4 is 23.9 Å². The number of aliphatic hydroxyl groups is 1. The van der Waals surface area contributed by atoms with Crippen LogP contribution in [0.4, 0.5) is 0 Å². The molecular formula is C14H20O10. The van der Waals surface area contributed by atoms with Gasteiger partial charge in [-0.05, 0) is 0 Å². The average molecular weight is 348 g/mol. The van der Waals surface area contributed by atoms with Crippen molar-refractivity contribution in [2.24, 2.45) is 0 Å². The number of carbonyl (C=O) groups is 4. The third-order valence-electron chi connectivity index (χ3n) is 2.99. The van der Waals surface area contributed by atoms with Crippen LogP contribution in [0.5, 0.6) is 0 Å². The van der Waals surface area contributed by atoms with Crippen LogP contribution in [0, 0.1) is 0 Å². The zero-order chi connectivity index (χ0) is 18.5. The molecule has 1 aliphatic heterocycles.